The number of methoxy groups -OCH3 is 1. The lowest BCUT2D eigenvalue weighted by Crippen LogP contribution is -2.25. The van der Waals surface area contributed by atoms with Gasteiger partial charge in [0, 0.05) is 31.2 Å². The summed E-state index contributed by atoms with van der Waals surface area (Å²) in [6, 6.07) is 15.8. The van der Waals surface area contributed by atoms with Gasteiger partial charge in [0.15, 0.2) is 11.4 Å². The predicted octanol–water partition coefficient (Wildman–Crippen LogP) is 3.82. The van der Waals surface area contributed by atoms with Crippen LogP contribution in [0.3, 0.4) is 0 Å². The number of nitrogens with zero attached hydrogens (tertiary/aromatic N) is 2. The van der Waals surface area contributed by atoms with Crippen molar-refractivity contribution >= 4 is 28.6 Å². The van der Waals surface area contributed by atoms with Crippen LogP contribution in [0.2, 0.25) is 0 Å². The van der Waals surface area contributed by atoms with Crippen LogP contribution in [0.25, 0.3) is 11.3 Å². The number of hydrogen-bond acceptors (Lipinski definition) is 5. The zero-order chi connectivity index (χ0) is 19.3. The summed E-state index contributed by atoms with van der Waals surface area (Å²) in [5, 5.41) is 4.97. The lowest BCUT2D eigenvalue weighted by molar-refractivity contribution is -0.118. The van der Waals surface area contributed by atoms with Crippen LogP contribution in [0.15, 0.2) is 58.9 Å². The van der Waals surface area contributed by atoms with E-state index in [1.54, 1.807) is 18.4 Å². The molecule has 0 saturated carbocycles. The molecule has 1 aliphatic heterocycles. The third-order valence-electron chi connectivity index (χ3n) is 4.42. The van der Waals surface area contributed by atoms with E-state index in [0.717, 1.165) is 34.7 Å². The highest BCUT2D eigenvalue weighted by Gasteiger charge is 2.17. The average molecular weight is 395 g/mol. The Morgan fingerprint density at radius 2 is 2.11 bits per heavy atom. The summed E-state index contributed by atoms with van der Waals surface area (Å²) >= 11 is 1.60. The summed E-state index contributed by atoms with van der Waals surface area (Å²) < 4.78 is 12.9. The first-order valence-corrected chi connectivity index (χ1v) is 9.96. The molecular weight excluding hydrogens is 374 g/mol. The number of ether oxygens (including phenoxy) is 2. The van der Waals surface area contributed by atoms with Gasteiger partial charge in [-0.3, -0.25) is 4.79 Å². The summed E-state index contributed by atoms with van der Waals surface area (Å²) in [7, 11) is 1.71. The Morgan fingerprint density at radius 1 is 1.25 bits per heavy atom. The molecule has 3 aromatic rings. The number of nitrogens with one attached hydrogen (secondary N) is 1. The number of aromatic nitrogens is 1. The van der Waals surface area contributed by atoms with E-state index in [0.29, 0.717) is 18.0 Å². The SMILES string of the molecule is COCCCn1c(-c2ccc3c(c2)NC(=O)CO3)csc1=Nc1ccccc1. The topological polar surface area (TPSA) is 64.8 Å². The minimum Gasteiger partial charge on any atom is -0.482 e. The van der Waals surface area contributed by atoms with E-state index in [-0.39, 0.29) is 12.5 Å². The summed E-state index contributed by atoms with van der Waals surface area (Å²) in [5.74, 6) is 0.557. The van der Waals surface area contributed by atoms with Crippen LogP contribution in [0.1, 0.15) is 6.42 Å². The molecule has 1 aliphatic rings. The summed E-state index contributed by atoms with van der Waals surface area (Å²) in [4.78, 5) is 17.4. The Balaban J connectivity index is 1.75. The van der Waals surface area contributed by atoms with Gasteiger partial charge >= 0.3 is 0 Å². The maximum absolute atomic E-state index is 11.7. The van der Waals surface area contributed by atoms with E-state index >= 15 is 0 Å². The summed E-state index contributed by atoms with van der Waals surface area (Å²) in [5.41, 5.74) is 3.68. The van der Waals surface area contributed by atoms with Crippen LogP contribution in [0, 0.1) is 0 Å². The lowest BCUT2D eigenvalue weighted by Gasteiger charge is -2.19. The molecule has 4 rings (SSSR count). The molecule has 0 spiro atoms. The van der Waals surface area contributed by atoms with E-state index in [1.165, 1.54) is 0 Å². The average Bonchev–Trinajstić information content (AvgIpc) is 3.11. The number of carbonyl (C=O) groups excluding carboxylic acids is 1. The van der Waals surface area contributed by atoms with Crippen LogP contribution in [0.5, 0.6) is 5.75 Å². The van der Waals surface area contributed by atoms with Crippen molar-refractivity contribution < 1.29 is 14.3 Å². The Kier molecular flexibility index (Phi) is 5.55. The highest BCUT2D eigenvalue weighted by Crippen LogP contribution is 2.33. The zero-order valence-corrected chi connectivity index (χ0v) is 16.4. The van der Waals surface area contributed by atoms with E-state index in [2.05, 4.69) is 15.3 Å². The zero-order valence-electron chi connectivity index (χ0n) is 15.6. The Hall–Kier alpha value is -2.90. The molecule has 144 valence electrons. The van der Waals surface area contributed by atoms with Gasteiger partial charge < -0.3 is 19.4 Å². The number of hydrogen-bond donors (Lipinski definition) is 1. The fourth-order valence-electron chi connectivity index (χ4n) is 3.09. The van der Waals surface area contributed by atoms with Crippen LogP contribution < -0.4 is 14.9 Å². The molecule has 0 fully saturated rings. The van der Waals surface area contributed by atoms with E-state index < -0.39 is 0 Å². The molecule has 0 unspecified atom stereocenters. The first kappa shape index (κ1) is 18.5. The number of anilines is 1. The van der Waals surface area contributed by atoms with Crippen molar-refractivity contribution in [1.82, 2.24) is 4.57 Å². The Bertz CT molecular complexity index is 1040. The molecule has 1 amide bonds. The molecule has 6 nitrogen and oxygen atoms in total. The first-order valence-electron chi connectivity index (χ1n) is 9.09. The van der Waals surface area contributed by atoms with Crippen molar-refractivity contribution in [1.29, 1.82) is 0 Å². The number of thiazole rings is 1. The summed E-state index contributed by atoms with van der Waals surface area (Å²) in [6.07, 6.45) is 0.882. The molecule has 0 radical (unpaired) electrons. The fourth-order valence-corrected chi connectivity index (χ4v) is 4.04. The summed E-state index contributed by atoms with van der Waals surface area (Å²) in [6.45, 7) is 1.53. The highest BCUT2D eigenvalue weighted by molar-refractivity contribution is 7.07. The minimum absolute atomic E-state index is 0.0575. The van der Waals surface area contributed by atoms with Crippen molar-refractivity contribution in [2.75, 3.05) is 25.6 Å². The van der Waals surface area contributed by atoms with Crippen molar-refractivity contribution in [2.45, 2.75) is 13.0 Å². The second-order valence-corrected chi connectivity index (χ2v) is 7.23. The van der Waals surface area contributed by atoms with Gasteiger partial charge in [0.05, 0.1) is 17.1 Å². The van der Waals surface area contributed by atoms with Gasteiger partial charge in [-0.1, -0.05) is 18.2 Å². The smallest absolute Gasteiger partial charge is 0.262 e. The molecule has 0 bridgehead atoms. The number of benzene rings is 2. The van der Waals surface area contributed by atoms with Gasteiger partial charge in [-0.15, -0.1) is 11.3 Å². The first-order chi connectivity index (χ1) is 13.7. The third-order valence-corrected chi connectivity index (χ3v) is 5.28. The third kappa shape index (κ3) is 4.00. The maximum Gasteiger partial charge on any atom is 0.262 e. The predicted molar refractivity (Wildman–Crippen MR) is 110 cm³/mol. The molecule has 2 aromatic carbocycles. The van der Waals surface area contributed by atoms with Gasteiger partial charge in [0.2, 0.25) is 0 Å². The molecule has 1 N–H and O–H groups in total. The standard InChI is InChI=1S/C21H21N3O3S/c1-26-11-5-10-24-18(14-28-21(24)22-16-6-3-2-4-7-16)15-8-9-19-17(12-15)23-20(25)13-27-19/h2-4,6-9,12,14H,5,10-11,13H2,1H3,(H,23,25). The normalized spacial score (nSPS) is 13.8. The van der Waals surface area contributed by atoms with E-state index in [1.807, 2.05) is 48.5 Å². The number of amides is 1. The van der Waals surface area contributed by atoms with Crippen molar-refractivity contribution in [3.63, 3.8) is 0 Å². The van der Waals surface area contributed by atoms with Crippen LogP contribution in [0.4, 0.5) is 11.4 Å². The van der Waals surface area contributed by atoms with Gasteiger partial charge in [0.25, 0.3) is 5.91 Å². The monoisotopic (exact) mass is 395 g/mol. The van der Waals surface area contributed by atoms with Crippen molar-refractivity contribution in [3.05, 3.63) is 58.7 Å². The molecule has 0 aliphatic carbocycles. The number of carbonyl (C=O) groups is 1. The second kappa shape index (κ2) is 8.41. The van der Waals surface area contributed by atoms with Gasteiger partial charge in [-0.2, -0.15) is 0 Å². The van der Waals surface area contributed by atoms with Gasteiger partial charge in [-0.05, 0) is 36.8 Å². The number of rotatable bonds is 6. The Labute approximate surface area is 167 Å². The quantitative estimate of drug-likeness (QED) is 0.646. The molecule has 0 atom stereocenters. The molecule has 2 heterocycles. The van der Waals surface area contributed by atoms with Gasteiger partial charge in [-0.25, -0.2) is 4.99 Å². The highest BCUT2D eigenvalue weighted by atomic mass is 32.1. The largest absolute Gasteiger partial charge is 0.482 e. The number of para-hydroxylation sites is 1. The van der Waals surface area contributed by atoms with Crippen LogP contribution in [-0.2, 0) is 16.1 Å². The van der Waals surface area contributed by atoms with Crippen LogP contribution in [-0.4, -0.2) is 30.8 Å². The fraction of sp³-hybridized carbons (Fsp3) is 0.238. The maximum atomic E-state index is 11.7. The molecule has 0 saturated heterocycles. The van der Waals surface area contributed by atoms with E-state index in [9.17, 15) is 4.79 Å². The van der Waals surface area contributed by atoms with Crippen molar-refractivity contribution in [3.8, 4) is 17.0 Å². The Morgan fingerprint density at radius 3 is 2.93 bits per heavy atom. The van der Waals surface area contributed by atoms with Crippen molar-refractivity contribution in [2.24, 2.45) is 4.99 Å². The number of fused-ring (bicyclic) bond motifs is 1. The molecule has 7 heteroatoms. The molecule has 1 aromatic heterocycles. The van der Waals surface area contributed by atoms with Gasteiger partial charge in [0.1, 0.15) is 5.75 Å². The molecule has 28 heavy (non-hydrogen) atoms. The van der Waals surface area contributed by atoms with E-state index in [4.69, 9.17) is 14.5 Å². The molecular formula is C21H21N3O3S. The van der Waals surface area contributed by atoms with Crippen LogP contribution >= 0.6 is 11.3 Å². The lowest BCUT2D eigenvalue weighted by atomic mass is 10.1. The minimum atomic E-state index is -0.136. The second-order valence-electron chi connectivity index (χ2n) is 6.40.